The molecular formula is C8H10FNO. The minimum absolute atomic E-state index is 0.0180. The molecule has 1 aromatic heterocycles. The van der Waals surface area contributed by atoms with Gasteiger partial charge in [0.1, 0.15) is 5.82 Å². The van der Waals surface area contributed by atoms with Crippen molar-refractivity contribution in [2.24, 2.45) is 0 Å². The molecule has 0 aromatic carbocycles. The van der Waals surface area contributed by atoms with Gasteiger partial charge in [-0.15, -0.1) is 0 Å². The van der Waals surface area contributed by atoms with Crippen molar-refractivity contribution in [3.63, 3.8) is 0 Å². The van der Waals surface area contributed by atoms with Crippen molar-refractivity contribution in [3.05, 3.63) is 29.8 Å². The van der Waals surface area contributed by atoms with Crippen LogP contribution in [0.25, 0.3) is 0 Å². The van der Waals surface area contributed by atoms with Gasteiger partial charge in [-0.25, -0.2) is 4.39 Å². The van der Waals surface area contributed by atoms with Gasteiger partial charge in [0.25, 0.3) is 0 Å². The van der Waals surface area contributed by atoms with Gasteiger partial charge in [0, 0.05) is 11.6 Å². The van der Waals surface area contributed by atoms with E-state index in [2.05, 4.69) is 4.98 Å². The first-order chi connectivity index (χ1) is 5.24. The van der Waals surface area contributed by atoms with Gasteiger partial charge in [0.2, 0.25) is 0 Å². The SMILES string of the molecule is C[C@H](CO)c1ccc(F)cn1. The minimum Gasteiger partial charge on any atom is -0.396 e. The lowest BCUT2D eigenvalue weighted by Crippen LogP contribution is -2.01. The predicted molar refractivity (Wildman–Crippen MR) is 39.7 cm³/mol. The van der Waals surface area contributed by atoms with E-state index in [1.807, 2.05) is 6.92 Å². The molecule has 3 heteroatoms. The topological polar surface area (TPSA) is 33.1 Å². The summed E-state index contributed by atoms with van der Waals surface area (Å²) in [7, 11) is 0. The van der Waals surface area contributed by atoms with Gasteiger partial charge in [-0.3, -0.25) is 4.98 Å². The standard InChI is InChI=1S/C8H10FNO/c1-6(5-11)8-3-2-7(9)4-10-8/h2-4,6,11H,5H2,1H3/t6-/m1/s1. The Labute approximate surface area is 64.7 Å². The summed E-state index contributed by atoms with van der Waals surface area (Å²) in [4.78, 5) is 3.81. The van der Waals surface area contributed by atoms with Crippen LogP contribution in [0.5, 0.6) is 0 Å². The molecule has 0 radical (unpaired) electrons. The highest BCUT2D eigenvalue weighted by atomic mass is 19.1. The van der Waals surface area contributed by atoms with Crippen molar-refractivity contribution < 1.29 is 9.50 Å². The Hall–Kier alpha value is -0.960. The van der Waals surface area contributed by atoms with E-state index in [9.17, 15) is 4.39 Å². The Morgan fingerprint density at radius 3 is 2.82 bits per heavy atom. The number of nitrogens with zero attached hydrogens (tertiary/aromatic N) is 1. The van der Waals surface area contributed by atoms with Gasteiger partial charge in [-0.05, 0) is 12.1 Å². The summed E-state index contributed by atoms with van der Waals surface area (Å²) in [5.74, 6) is -0.366. The summed E-state index contributed by atoms with van der Waals surface area (Å²) in [6.07, 6.45) is 1.15. The van der Waals surface area contributed by atoms with Crippen molar-refractivity contribution in [2.75, 3.05) is 6.61 Å². The lowest BCUT2D eigenvalue weighted by molar-refractivity contribution is 0.271. The van der Waals surface area contributed by atoms with Crippen LogP contribution in [0.15, 0.2) is 18.3 Å². The van der Waals surface area contributed by atoms with Gasteiger partial charge in [0.15, 0.2) is 0 Å². The number of halogens is 1. The Kier molecular flexibility index (Phi) is 2.54. The van der Waals surface area contributed by atoms with E-state index in [1.165, 1.54) is 6.07 Å². The molecule has 2 nitrogen and oxygen atoms in total. The molecule has 0 amide bonds. The predicted octanol–water partition coefficient (Wildman–Crippen LogP) is 1.32. The third kappa shape index (κ3) is 1.98. The molecule has 60 valence electrons. The summed E-state index contributed by atoms with van der Waals surface area (Å²) >= 11 is 0. The number of aliphatic hydroxyl groups is 1. The average molecular weight is 155 g/mol. The molecule has 0 fully saturated rings. The smallest absolute Gasteiger partial charge is 0.141 e. The monoisotopic (exact) mass is 155 g/mol. The van der Waals surface area contributed by atoms with Crippen LogP contribution in [0.3, 0.4) is 0 Å². The van der Waals surface area contributed by atoms with E-state index >= 15 is 0 Å². The van der Waals surface area contributed by atoms with Crippen molar-refractivity contribution in [3.8, 4) is 0 Å². The number of rotatable bonds is 2. The Balaban J connectivity index is 2.81. The molecule has 1 rings (SSSR count). The first kappa shape index (κ1) is 8.14. The Morgan fingerprint density at radius 1 is 1.64 bits per heavy atom. The maximum atomic E-state index is 12.3. The minimum atomic E-state index is -0.348. The third-order valence-corrected chi connectivity index (χ3v) is 1.53. The lowest BCUT2D eigenvalue weighted by atomic mass is 10.1. The molecule has 0 unspecified atom stereocenters. The highest BCUT2D eigenvalue weighted by molar-refractivity contribution is 5.09. The second kappa shape index (κ2) is 3.44. The molecule has 1 N–H and O–H groups in total. The molecular weight excluding hydrogens is 145 g/mol. The summed E-state index contributed by atoms with van der Waals surface area (Å²) in [6, 6.07) is 2.92. The zero-order chi connectivity index (χ0) is 8.27. The highest BCUT2D eigenvalue weighted by Crippen LogP contribution is 2.10. The number of hydrogen-bond donors (Lipinski definition) is 1. The normalized spacial score (nSPS) is 13.0. The fourth-order valence-electron chi connectivity index (χ4n) is 0.772. The fourth-order valence-corrected chi connectivity index (χ4v) is 0.772. The second-order valence-electron chi connectivity index (χ2n) is 2.48. The quantitative estimate of drug-likeness (QED) is 0.698. The summed E-state index contributed by atoms with van der Waals surface area (Å²) in [5.41, 5.74) is 0.717. The lowest BCUT2D eigenvalue weighted by Gasteiger charge is -2.05. The molecule has 0 saturated heterocycles. The zero-order valence-corrected chi connectivity index (χ0v) is 6.29. The highest BCUT2D eigenvalue weighted by Gasteiger charge is 2.03. The van der Waals surface area contributed by atoms with Crippen LogP contribution in [-0.2, 0) is 0 Å². The van der Waals surface area contributed by atoms with Crippen LogP contribution in [-0.4, -0.2) is 16.7 Å². The number of hydrogen-bond acceptors (Lipinski definition) is 2. The molecule has 0 bridgehead atoms. The number of pyridine rings is 1. The fraction of sp³-hybridized carbons (Fsp3) is 0.375. The van der Waals surface area contributed by atoms with Crippen LogP contribution >= 0.6 is 0 Å². The largest absolute Gasteiger partial charge is 0.396 e. The summed E-state index contributed by atoms with van der Waals surface area (Å²) < 4.78 is 12.3. The van der Waals surface area contributed by atoms with Gasteiger partial charge in [-0.2, -0.15) is 0 Å². The van der Waals surface area contributed by atoms with Crippen molar-refractivity contribution in [2.45, 2.75) is 12.8 Å². The maximum Gasteiger partial charge on any atom is 0.141 e. The van der Waals surface area contributed by atoms with Crippen LogP contribution in [0.1, 0.15) is 18.5 Å². The summed E-state index contributed by atoms with van der Waals surface area (Å²) in [5, 5.41) is 8.72. The first-order valence-corrected chi connectivity index (χ1v) is 3.46. The molecule has 1 heterocycles. The second-order valence-corrected chi connectivity index (χ2v) is 2.48. The molecule has 0 aliphatic rings. The van der Waals surface area contributed by atoms with Crippen LogP contribution in [0, 0.1) is 5.82 Å². The van der Waals surface area contributed by atoms with Gasteiger partial charge >= 0.3 is 0 Å². The molecule has 0 aliphatic heterocycles. The van der Waals surface area contributed by atoms with Gasteiger partial charge in [0.05, 0.1) is 12.8 Å². The van der Waals surface area contributed by atoms with Crippen molar-refractivity contribution in [1.82, 2.24) is 4.98 Å². The van der Waals surface area contributed by atoms with Crippen LogP contribution in [0.4, 0.5) is 4.39 Å². The molecule has 0 aliphatic carbocycles. The molecule has 0 saturated carbocycles. The van der Waals surface area contributed by atoms with Crippen molar-refractivity contribution in [1.29, 1.82) is 0 Å². The van der Waals surface area contributed by atoms with E-state index in [-0.39, 0.29) is 18.3 Å². The van der Waals surface area contributed by atoms with E-state index in [1.54, 1.807) is 6.07 Å². The number of aliphatic hydroxyl groups excluding tert-OH is 1. The van der Waals surface area contributed by atoms with Crippen molar-refractivity contribution >= 4 is 0 Å². The zero-order valence-electron chi connectivity index (χ0n) is 6.29. The molecule has 1 atom stereocenters. The average Bonchev–Trinajstić information content (AvgIpc) is 2.05. The number of aromatic nitrogens is 1. The Morgan fingerprint density at radius 2 is 2.36 bits per heavy atom. The van der Waals surface area contributed by atoms with Crippen LogP contribution in [0.2, 0.25) is 0 Å². The van der Waals surface area contributed by atoms with E-state index < -0.39 is 0 Å². The molecule has 11 heavy (non-hydrogen) atoms. The van der Waals surface area contributed by atoms with Gasteiger partial charge in [-0.1, -0.05) is 6.92 Å². The van der Waals surface area contributed by atoms with E-state index in [0.717, 1.165) is 6.20 Å². The Bertz CT molecular complexity index is 222. The van der Waals surface area contributed by atoms with Gasteiger partial charge < -0.3 is 5.11 Å². The summed E-state index contributed by atoms with van der Waals surface area (Å²) in [6.45, 7) is 1.87. The third-order valence-electron chi connectivity index (χ3n) is 1.53. The molecule has 0 spiro atoms. The van der Waals surface area contributed by atoms with Crippen LogP contribution < -0.4 is 0 Å². The van der Waals surface area contributed by atoms with E-state index in [0.29, 0.717) is 5.69 Å². The molecule has 1 aromatic rings. The van der Waals surface area contributed by atoms with E-state index in [4.69, 9.17) is 5.11 Å². The maximum absolute atomic E-state index is 12.3. The first-order valence-electron chi connectivity index (χ1n) is 3.46.